The third-order valence-corrected chi connectivity index (χ3v) is 4.47. The van der Waals surface area contributed by atoms with Crippen LogP contribution in [0.1, 0.15) is 11.3 Å². The van der Waals surface area contributed by atoms with E-state index in [2.05, 4.69) is 21.1 Å². The monoisotopic (exact) mass is 317 g/mol. The molecular formula is C17H11N5S. The first kappa shape index (κ1) is 13.6. The lowest BCUT2D eigenvalue weighted by Gasteiger charge is -1.97. The Hall–Kier alpha value is -3.04. The third-order valence-electron chi connectivity index (χ3n) is 3.52. The van der Waals surface area contributed by atoms with Crippen molar-refractivity contribution in [3.8, 4) is 28.0 Å². The minimum absolute atomic E-state index is 0.410. The van der Waals surface area contributed by atoms with Gasteiger partial charge in [-0.2, -0.15) is 14.9 Å². The summed E-state index contributed by atoms with van der Waals surface area (Å²) < 4.78 is 1.60. The summed E-state index contributed by atoms with van der Waals surface area (Å²) in [4.78, 5) is 9.52. The van der Waals surface area contributed by atoms with Crippen LogP contribution in [0.5, 0.6) is 0 Å². The number of aryl methyl sites for hydroxylation is 1. The van der Waals surface area contributed by atoms with E-state index in [-0.39, 0.29) is 0 Å². The molecule has 0 aliphatic heterocycles. The van der Waals surface area contributed by atoms with Crippen molar-refractivity contribution < 1.29 is 0 Å². The molecule has 0 bridgehead atoms. The number of aromatic nitrogens is 4. The van der Waals surface area contributed by atoms with Gasteiger partial charge in [-0.15, -0.1) is 0 Å². The van der Waals surface area contributed by atoms with Crippen LogP contribution in [-0.4, -0.2) is 19.6 Å². The Balaban J connectivity index is 1.87. The van der Waals surface area contributed by atoms with Crippen molar-refractivity contribution in [2.75, 3.05) is 0 Å². The third kappa shape index (κ3) is 2.28. The van der Waals surface area contributed by atoms with E-state index in [4.69, 9.17) is 0 Å². The van der Waals surface area contributed by atoms with Gasteiger partial charge in [0, 0.05) is 11.8 Å². The van der Waals surface area contributed by atoms with E-state index in [0.717, 1.165) is 10.6 Å². The second-order valence-electron chi connectivity index (χ2n) is 5.10. The van der Waals surface area contributed by atoms with Crippen molar-refractivity contribution in [1.29, 1.82) is 5.26 Å². The fourth-order valence-corrected chi connectivity index (χ4v) is 3.25. The smallest absolute Gasteiger partial charge is 0.214 e. The lowest BCUT2D eigenvalue weighted by molar-refractivity contribution is 0.960. The normalized spacial score (nSPS) is 10.8. The Kier molecular flexibility index (Phi) is 3.14. The molecule has 6 heteroatoms. The Morgan fingerprint density at radius 1 is 1.13 bits per heavy atom. The molecule has 0 aliphatic rings. The molecule has 5 nitrogen and oxygen atoms in total. The predicted molar refractivity (Wildman–Crippen MR) is 89.0 cm³/mol. The zero-order valence-corrected chi connectivity index (χ0v) is 13.1. The van der Waals surface area contributed by atoms with Crippen molar-refractivity contribution in [3.63, 3.8) is 0 Å². The van der Waals surface area contributed by atoms with Gasteiger partial charge in [-0.3, -0.25) is 4.98 Å². The molecule has 0 N–H and O–H groups in total. The van der Waals surface area contributed by atoms with Crippen molar-refractivity contribution in [3.05, 3.63) is 59.9 Å². The lowest BCUT2D eigenvalue weighted by atomic mass is 10.2. The molecule has 0 amide bonds. The van der Waals surface area contributed by atoms with Gasteiger partial charge in [0.2, 0.25) is 4.96 Å². The van der Waals surface area contributed by atoms with Gasteiger partial charge < -0.3 is 0 Å². The van der Waals surface area contributed by atoms with Gasteiger partial charge in [0.15, 0.2) is 5.69 Å². The molecule has 0 radical (unpaired) electrons. The van der Waals surface area contributed by atoms with Crippen molar-refractivity contribution in [2.45, 2.75) is 6.92 Å². The first-order chi connectivity index (χ1) is 11.3. The van der Waals surface area contributed by atoms with Gasteiger partial charge in [-0.1, -0.05) is 47.2 Å². The van der Waals surface area contributed by atoms with Crippen LogP contribution >= 0.6 is 11.3 Å². The van der Waals surface area contributed by atoms with Crippen LogP contribution in [0, 0.1) is 18.3 Å². The number of imidazole rings is 1. The first-order valence-electron chi connectivity index (χ1n) is 7.04. The summed E-state index contributed by atoms with van der Waals surface area (Å²) in [6.45, 7) is 2.05. The van der Waals surface area contributed by atoms with Gasteiger partial charge in [-0.05, 0) is 19.1 Å². The van der Waals surface area contributed by atoms with Gasteiger partial charge in [-0.25, -0.2) is 4.98 Å². The fourth-order valence-electron chi connectivity index (χ4n) is 2.34. The Morgan fingerprint density at radius 3 is 2.65 bits per heavy atom. The minimum atomic E-state index is 0.410. The molecule has 3 heterocycles. The predicted octanol–water partition coefficient (Wildman–Crippen LogP) is 3.70. The molecule has 0 unspecified atom stereocenters. The summed E-state index contributed by atoms with van der Waals surface area (Å²) in [6, 6.07) is 15.9. The zero-order valence-electron chi connectivity index (χ0n) is 12.3. The number of pyridine rings is 1. The molecule has 0 saturated heterocycles. The summed E-state index contributed by atoms with van der Waals surface area (Å²) in [6.07, 6.45) is 1.69. The van der Waals surface area contributed by atoms with Crippen LogP contribution in [0.3, 0.4) is 0 Å². The van der Waals surface area contributed by atoms with Crippen molar-refractivity contribution >= 4 is 16.3 Å². The highest BCUT2D eigenvalue weighted by atomic mass is 32.1. The number of hydrogen-bond donors (Lipinski definition) is 0. The van der Waals surface area contributed by atoms with Crippen LogP contribution < -0.4 is 0 Å². The highest BCUT2D eigenvalue weighted by Crippen LogP contribution is 2.30. The van der Waals surface area contributed by atoms with Gasteiger partial charge in [0.1, 0.15) is 16.8 Å². The van der Waals surface area contributed by atoms with E-state index in [1.54, 1.807) is 10.7 Å². The molecule has 110 valence electrons. The SMILES string of the molecule is Cc1ccc(-c2nn3c(C#N)c(-c4ccccn4)nc3s2)cc1. The van der Waals surface area contributed by atoms with Crippen LogP contribution in [0.25, 0.3) is 26.9 Å². The van der Waals surface area contributed by atoms with Crippen LogP contribution in [0.2, 0.25) is 0 Å². The fraction of sp³-hybridized carbons (Fsp3) is 0.0588. The van der Waals surface area contributed by atoms with Gasteiger partial charge in [0.05, 0.1) is 5.69 Å². The summed E-state index contributed by atoms with van der Waals surface area (Å²) in [5, 5.41) is 14.9. The van der Waals surface area contributed by atoms with Crippen LogP contribution in [0.15, 0.2) is 48.7 Å². The summed E-state index contributed by atoms with van der Waals surface area (Å²) >= 11 is 1.46. The maximum absolute atomic E-state index is 9.51. The van der Waals surface area contributed by atoms with Crippen LogP contribution in [-0.2, 0) is 0 Å². The maximum Gasteiger partial charge on any atom is 0.214 e. The summed E-state index contributed by atoms with van der Waals surface area (Å²) in [5.41, 5.74) is 3.88. The highest BCUT2D eigenvalue weighted by molar-refractivity contribution is 7.19. The number of rotatable bonds is 2. The first-order valence-corrected chi connectivity index (χ1v) is 7.86. The molecule has 3 aromatic heterocycles. The minimum Gasteiger partial charge on any atom is -0.255 e. The Morgan fingerprint density at radius 2 is 1.96 bits per heavy atom. The van der Waals surface area contributed by atoms with Crippen molar-refractivity contribution in [1.82, 2.24) is 19.6 Å². The van der Waals surface area contributed by atoms with E-state index in [0.29, 0.717) is 22.0 Å². The molecule has 23 heavy (non-hydrogen) atoms. The van der Waals surface area contributed by atoms with Crippen LogP contribution in [0.4, 0.5) is 0 Å². The number of fused-ring (bicyclic) bond motifs is 1. The largest absolute Gasteiger partial charge is 0.255 e. The maximum atomic E-state index is 9.51. The molecular weight excluding hydrogens is 306 g/mol. The number of nitriles is 1. The Bertz CT molecular complexity index is 1020. The zero-order chi connectivity index (χ0) is 15.8. The van der Waals surface area contributed by atoms with Crippen molar-refractivity contribution in [2.24, 2.45) is 0 Å². The molecule has 4 rings (SSSR count). The average Bonchev–Trinajstić information content (AvgIpc) is 3.13. The number of benzene rings is 1. The van der Waals surface area contributed by atoms with E-state index in [9.17, 15) is 5.26 Å². The Labute approximate surface area is 136 Å². The second-order valence-corrected chi connectivity index (χ2v) is 6.06. The quantitative estimate of drug-likeness (QED) is 0.565. The van der Waals surface area contributed by atoms with E-state index >= 15 is 0 Å². The average molecular weight is 317 g/mol. The summed E-state index contributed by atoms with van der Waals surface area (Å²) in [5.74, 6) is 0. The second kappa shape index (κ2) is 5.30. The standard InChI is InChI=1S/C17H11N5S/c1-11-5-7-12(8-6-11)16-21-22-14(10-18)15(20-17(22)23-16)13-4-2-3-9-19-13/h2-9H,1H3. The highest BCUT2D eigenvalue weighted by Gasteiger charge is 2.18. The molecule has 0 atom stereocenters. The van der Waals surface area contributed by atoms with E-state index in [1.165, 1.54) is 16.9 Å². The number of nitrogens with zero attached hydrogens (tertiary/aromatic N) is 5. The topological polar surface area (TPSA) is 66.9 Å². The lowest BCUT2D eigenvalue weighted by Crippen LogP contribution is -1.92. The van der Waals surface area contributed by atoms with Gasteiger partial charge >= 0.3 is 0 Å². The molecule has 1 aromatic carbocycles. The number of hydrogen-bond acceptors (Lipinski definition) is 5. The summed E-state index contributed by atoms with van der Waals surface area (Å²) in [7, 11) is 0. The van der Waals surface area contributed by atoms with E-state index < -0.39 is 0 Å². The van der Waals surface area contributed by atoms with Gasteiger partial charge in [0.25, 0.3) is 0 Å². The molecule has 4 aromatic rings. The molecule has 0 spiro atoms. The van der Waals surface area contributed by atoms with E-state index in [1.807, 2.05) is 49.4 Å². The molecule has 0 aliphatic carbocycles. The molecule has 0 saturated carbocycles. The molecule has 0 fully saturated rings.